The largest absolute Gasteiger partial charge is 0.511 e. The highest BCUT2D eigenvalue weighted by molar-refractivity contribution is 5.86. The highest BCUT2D eigenvalue weighted by Gasteiger charge is 2.53. The topological polar surface area (TPSA) is 57.5 Å². The van der Waals surface area contributed by atoms with Crippen LogP contribution in [-0.4, -0.2) is 16.2 Å². The minimum atomic E-state index is -0.974. The molecule has 0 spiro atoms. The van der Waals surface area contributed by atoms with E-state index in [0.717, 1.165) is 37.0 Å². The molecular weight excluding hydrogens is 216 g/mol. The van der Waals surface area contributed by atoms with Crippen molar-refractivity contribution in [3.8, 4) is 0 Å². The van der Waals surface area contributed by atoms with Gasteiger partial charge in [-0.05, 0) is 63.2 Å². The van der Waals surface area contributed by atoms with E-state index in [4.69, 9.17) is 5.11 Å². The average Bonchev–Trinajstić information content (AvgIpc) is 2.25. The van der Waals surface area contributed by atoms with Gasteiger partial charge in [-0.25, -0.2) is 4.79 Å². The van der Waals surface area contributed by atoms with Crippen LogP contribution >= 0.6 is 0 Å². The zero-order valence-corrected chi connectivity index (χ0v) is 10.3. The molecule has 4 rings (SSSR count). The van der Waals surface area contributed by atoms with E-state index >= 15 is 0 Å². The number of allylic oxidation sites excluding steroid dienone is 1. The third-order valence-electron chi connectivity index (χ3n) is 5.22. The van der Waals surface area contributed by atoms with Gasteiger partial charge < -0.3 is 10.2 Å². The van der Waals surface area contributed by atoms with E-state index in [9.17, 15) is 9.90 Å². The maximum absolute atomic E-state index is 11.0. The Balaban J connectivity index is 1.97. The summed E-state index contributed by atoms with van der Waals surface area (Å²) in [6, 6.07) is 0. The number of rotatable bonds is 2. The number of aliphatic carboxylic acids is 1. The van der Waals surface area contributed by atoms with Crippen molar-refractivity contribution in [2.24, 2.45) is 23.2 Å². The lowest BCUT2D eigenvalue weighted by atomic mass is 9.49. The summed E-state index contributed by atoms with van der Waals surface area (Å²) in [7, 11) is 0. The van der Waals surface area contributed by atoms with Crippen LogP contribution < -0.4 is 0 Å². The Morgan fingerprint density at radius 2 is 1.41 bits per heavy atom. The molecule has 0 radical (unpaired) electrons. The predicted molar refractivity (Wildman–Crippen MR) is 63.6 cm³/mol. The van der Waals surface area contributed by atoms with Crippen molar-refractivity contribution >= 4 is 5.97 Å². The van der Waals surface area contributed by atoms with Crippen molar-refractivity contribution in [1.29, 1.82) is 0 Å². The van der Waals surface area contributed by atoms with Crippen LogP contribution in [0, 0.1) is 23.2 Å². The Kier molecular flexibility index (Phi) is 2.29. The van der Waals surface area contributed by atoms with Gasteiger partial charge in [0.25, 0.3) is 0 Å². The van der Waals surface area contributed by atoms with E-state index in [1.54, 1.807) is 0 Å². The monoisotopic (exact) mass is 236 g/mol. The van der Waals surface area contributed by atoms with Crippen molar-refractivity contribution in [3.05, 3.63) is 11.3 Å². The molecular formula is C14H20O3. The summed E-state index contributed by atoms with van der Waals surface area (Å²) in [6.45, 7) is 1.54. The molecule has 0 atom stereocenters. The van der Waals surface area contributed by atoms with Gasteiger partial charge in [0.15, 0.2) is 0 Å². The maximum Gasteiger partial charge on any atom is 0.334 e. The van der Waals surface area contributed by atoms with E-state index in [1.807, 2.05) is 0 Å². The summed E-state index contributed by atoms with van der Waals surface area (Å²) >= 11 is 0. The van der Waals surface area contributed by atoms with E-state index < -0.39 is 5.97 Å². The van der Waals surface area contributed by atoms with Crippen molar-refractivity contribution in [3.63, 3.8) is 0 Å². The average molecular weight is 236 g/mol. The standard InChI is InChI=1S/C14H20O3/c1-8(13(16)17)12(15)14-5-9-2-10(6-14)4-11(3-9)7-14/h9-11,15H,2-7H2,1H3,(H,16,17)/b12-8+. The Labute approximate surface area is 102 Å². The molecule has 17 heavy (non-hydrogen) atoms. The molecule has 0 aliphatic heterocycles. The van der Waals surface area contributed by atoms with Crippen LogP contribution in [0.15, 0.2) is 11.3 Å². The highest BCUT2D eigenvalue weighted by Crippen LogP contribution is 2.62. The summed E-state index contributed by atoms with van der Waals surface area (Å²) in [5.74, 6) is 1.39. The molecule has 2 N–H and O–H groups in total. The summed E-state index contributed by atoms with van der Waals surface area (Å²) < 4.78 is 0. The smallest absolute Gasteiger partial charge is 0.334 e. The molecule has 0 unspecified atom stereocenters. The van der Waals surface area contributed by atoms with Crippen LogP contribution in [0.4, 0.5) is 0 Å². The number of aliphatic hydroxyl groups excluding tert-OH is 1. The van der Waals surface area contributed by atoms with Crippen molar-refractivity contribution < 1.29 is 15.0 Å². The normalized spacial score (nSPS) is 44.6. The molecule has 4 bridgehead atoms. The lowest BCUT2D eigenvalue weighted by molar-refractivity contribution is -0.133. The second kappa shape index (κ2) is 3.50. The number of aliphatic hydroxyl groups is 1. The molecule has 0 aromatic carbocycles. The van der Waals surface area contributed by atoms with Crippen LogP contribution in [0.2, 0.25) is 0 Å². The fourth-order valence-electron chi connectivity index (χ4n) is 4.90. The highest BCUT2D eigenvalue weighted by atomic mass is 16.4. The summed E-state index contributed by atoms with van der Waals surface area (Å²) in [5.41, 5.74) is -0.0241. The number of carbonyl (C=O) groups is 1. The van der Waals surface area contributed by atoms with Crippen molar-refractivity contribution in [2.45, 2.75) is 45.4 Å². The Bertz CT molecular complexity index is 359. The quantitative estimate of drug-likeness (QED) is 0.572. The summed E-state index contributed by atoms with van der Waals surface area (Å²) in [5, 5.41) is 19.4. The van der Waals surface area contributed by atoms with Crippen LogP contribution in [0.25, 0.3) is 0 Å². The summed E-state index contributed by atoms with van der Waals surface area (Å²) in [6.07, 6.45) is 6.94. The molecule has 0 aromatic heterocycles. The SMILES string of the molecule is C/C(C(=O)O)=C(\O)C12CC3CC(CC(C3)C1)C2. The first-order valence-electron chi connectivity index (χ1n) is 6.64. The predicted octanol–water partition coefficient (Wildman–Crippen LogP) is 3.12. The second-order valence-electron chi connectivity index (χ2n) is 6.48. The maximum atomic E-state index is 11.0. The van der Waals surface area contributed by atoms with E-state index in [0.29, 0.717) is 0 Å². The number of carboxylic acids is 1. The van der Waals surface area contributed by atoms with Gasteiger partial charge >= 0.3 is 5.97 Å². The van der Waals surface area contributed by atoms with Gasteiger partial charge in [0, 0.05) is 5.41 Å². The fourth-order valence-corrected chi connectivity index (χ4v) is 4.90. The molecule has 3 nitrogen and oxygen atoms in total. The van der Waals surface area contributed by atoms with E-state index in [1.165, 1.54) is 26.2 Å². The van der Waals surface area contributed by atoms with Gasteiger partial charge in [0.1, 0.15) is 5.76 Å². The molecule has 4 aliphatic carbocycles. The Hall–Kier alpha value is -0.990. The van der Waals surface area contributed by atoms with Gasteiger partial charge in [-0.2, -0.15) is 0 Å². The lowest BCUT2D eigenvalue weighted by Crippen LogP contribution is -2.47. The van der Waals surface area contributed by atoms with E-state index in [-0.39, 0.29) is 16.7 Å². The van der Waals surface area contributed by atoms with Gasteiger partial charge in [-0.15, -0.1) is 0 Å². The second-order valence-corrected chi connectivity index (χ2v) is 6.48. The molecule has 3 heteroatoms. The van der Waals surface area contributed by atoms with Gasteiger partial charge in [-0.1, -0.05) is 0 Å². The first-order chi connectivity index (χ1) is 8.00. The molecule has 94 valence electrons. The lowest BCUT2D eigenvalue weighted by Gasteiger charge is -2.56. The summed E-state index contributed by atoms with van der Waals surface area (Å²) in [4.78, 5) is 11.0. The Morgan fingerprint density at radius 1 is 1.00 bits per heavy atom. The molecule has 0 aromatic rings. The molecule has 0 saturated heterocycles. The number of hydrogen-bond acceptors (Lipinski definition) is 2. The van der Waals surface area contributed by atoms with Gasteiger partial charge in [-0.3, -0.25) is 0 Å². The first-order valence-corrected chi connectivity index (χ1v) is 6.64. The number of hydrogen-bond donors (Lipinski definition) is 2. The van der Waals surface area contributed by atoms with Crippen LogP contribution in [-0.2, 0) is 4.79 Å². The molecule has 4 aliphatic rings. The van der Waals surface area contributed by atoms with Crippen LogP contribution in [0.3, 0.4) is 0 Å². The number of carboxylic acid groups (broad SMARTS) is 1. The zero-order valence-electron chi connectivity index (χ0n) is 10.3. The van der Waals surface area contributed by atoms with E-state index in [2.05, 4.69) is 0 Å². The Morgan fingerprint density at radius 3 is 1.76 bits per heavy atom. The minimum absolute atomic E-state index is 0.159. The third-order valence-corrected chi connectivity index (χ3v) is 5.22. The molecule has 4 fully saturated rings. The molecule has 0 heterocycles. The minimum Gasteiger partial charge on any atom is -0.511 e. The van der Waals surface area contributed by atoms with Gasteiger partial charge in [0.2, 0.25) is 0 Å². The van der Waals surface area contributed by atoms with Crippen LogP contribution in [0.1, 0.15) is 45.4 Å². The fraction of sp³-hybridized carbons (Fsp3) is 0.786. The zero-order chi connectivity index (χ0) is 12.2. The van der Waals surface area contributed by atoms with Crippen LogP contribution in [0.5, 0.6) is 0 Å². The third kappa shape index (κ3) is 1.59. The molecule has 0 amide bonds. The first kappa shape index (κ1) is 11.1. The molecule has 4 saturated carbocycles. The van der Waals surface area contributed by atoms with Gasteiger partial charge in [0.05, 0.1) is 5.57 Å². The van der Waals surface area contributed by atoms with Crippen molar-refractivity contribution in [1.82, 2.24) is 0 Å². The van der Waals surface area contributed by atoms with Crippen molar-refractivity contribution in [2.75, 3.05) is 0 Å².